The summed E-state index contributed by atoms with van der Waals surface area (Å²) >= 11 is 0. The molecule has 0 saturated carbocycles. The summed E-state index contributed by atoms with van der Waals surface area (Å²) in [7, 11) is 0. The third-order valence-electron chi connectivity index (χ3n) is 5.47. The van der Waals surface area contributed by atoms with Crippen LogP contribution in [0.25, 0.3) is 0 Å². The van der Waals surface area contributed by atoms with Crippen LogP contribution in [-0.2, 0) is 9.59 Å². The van der Waals surface area contributed by atoms with E-state index >= 15 is 0 Å². The van der Waals surface area contributed by atoms with Gasteiger partial charge in [-0.3, -0.25) is 19.3 Å². The summed E-state index contributed by atoms with van der Waals surface area (Å²) in [6, 6.07) is 6.66. The molecular weight excluding hydrogens is 354 g/mol. The number of likely N-dealkylation sites (tertiary alicyclic amines) is 1. The first-order chi connectivity index (χ1) is 13.4. The molecule has 0 spiro atoms. The van der Waals surface area contributed by atoms with E-state index in [2.05, 4.69) is 22.5 Å². The lowest BCUT2D eigenvalue weighted by Gasteiger charge is -2.34. The molecule has 1 aromatic rings. The summed E-state index contributed by atoms with van der Waals surface area (Å²) in [5.41, 5.74) is 1.31. The zero-order valence-corrected chi connectivity index (χ0v) is 17.3. The minimum atomic E-state index is -0.263. The van der Waals surface area contributed by atoms with Crippen molar-refractivity contribution in [2.24, 2.45) is 5.92 Å². The van der Waals surface area contributed by atoms with Crippen LogP contribution in [0.15, 0.2) is 24.3 Å². The van der Waals surface area contributed by atoms with Gasteiger partial charge in [0.05, 0.1) is 6.04 Å². The maximum absolute atomic E-state index is 12.5. The first-order valence-corrected chi connectivity index (χ1v) is 10.4. The van der Waals surface area contributed by atoms with Crippen LogP contribution >= 0.6 is 0 Å². The second-order valence-electron chi connectivity index (χ2n) is 7.61. The van der Waals surface area contributed by atoms with Gasteiger partial charge in [-0.1, -0.05) is 19.8 Å². The number of amides is 2. The Balaban J connectivity index is 1.77. The molecule has 1 aliphatic heterocycles. The van der Waals surface area contributed by atoms with Crippen molar-refractivity contribution in [3.05, 3.63) is 29.8 Å². The van der Waals surface area contributed by atoms with E-state index in [0.29, 0.717) is 11.3 Å². The predicted octanol–water partition coefficient (Wildman–Crippen LogP) is 3.23. The Morgan fingerprint density at radius 3 is 2.32 bits per heavy atom. The van der Waals surface area contributed by atoms with Crippen LogP contribution in [0.1, 0.15) is 63.2 Å². The second-order valence-corrected chi connectivity index (χ2v) is 7.61. The molecule has 6 heteroatoms. The molecule has 2 rings (SSSR count). The number of piperidine rings is 1. The van der Waals surface area contributed by atoms with Gasteiger partial charge >= 0.3 is 0 Å². The average Bonchev–Trinajstić information content (AvgIpc) is 2.71. The molecule has 1 saturated heterocycles. The predicted molar refractivity (Wildman–Crippen MR) is 111 cm³/mol. The van der Waals surface area contributed by atoms with Crippen molar-refractivity contribution in [3.63, 3.8) is 0 Å². The van der Waals surface area contributed by atoms with Crippen molar-refractivity contribution in [3.8, 4) is 0 Å². The molecule has 0 aliphatic carbocycles. The highest BCUT2D eigenvalue weighted by Crippen LogP contribution is 2.20. The molecular formula is C22H33N3O3. The topological polar surface area (TPSA) is 78.5 Å². The SMILES string of the molecule is CCCCCNC(=O)C1CCN(C(C)C(=O)Nc2ccc(C(C)=O)cc2)CC1. The number of nitrogens with zero attached hydrogens (tertiary/aromatic N) is 1. The molecule has 2 N–H and O–H groups in total. The number of carbonyl (C=O) groups is 3. The Labute approximate surface area is 168 Å². The third kappa shape index (κ3) is 6.44. The smallest absolute Gasteiger partial charge is 0.241 e. The molecule has 6 nitrogen and oxygen atoms in total. The first-order valence-electron chi connectivity index (χ1n) is 10.4. The number of unbranched alkanes of at least 4 members (excludes halogenated alkanes) is 2. The Bertz CT molecular complexity index is 664. The highest BCUT2D eigenvalue weighted by molar-refractivity contribution is 5.97. The molecule has 28 heavy (non-hydrogen) atoms. The lowest BCUT2D eigenvalue weighted by Crippen LogP contribution is -2.48. The third-order valence-corrected chi connectivity index (χ3v) is 5.47. The number of nitrogens with one attached hydrogen (secondary N) is 2. The van der Waals surface area contributed by atoms with Crippen LogP contribution < -0.4 is 10.6 Å². The molecule has 1 aromatic carbocycles. The van der Waals surface area contributed by atoms with Gasteiger partial charge in [-0.25, -0.2) is 0 Å². The number of hydrogen-bond donors (Lipinski definition) is 2. The summed E-state index contributed by atoms with van der Waals surface area (Å²) in [6.45, 7) is 7.80. The Morgan fingerprint density at radius 1 is 1.11 bits per heavy atom. The standard InChI is InChI=1S/C22H33N3O3/c1-4-5-6-13-23-22(28)19-11-14-25(15-12-19)16(2)21(27)24-20-9-7-18(8-10-20)17(3)26/h7-10,16,19H,4-6,11-15H2,1-3H3,(H,23,28)(H,24,27). The van der Waals surface area contributed by atoms with Gasteiger partial charge in [0.25, 0.3) is 0 Å². The van der Waals surface area contributed by atoms with Crippen molar-refractivity contribution < 1.29 is 14.4 Å². The maximum Gasteiger partial charge on any atom is 0.241 e. The monoisotopic (exact) mass is 387 g/mol. The van der Waals surface area contributed by atoms with E-state index in [9.17, 15) is 14.4 Å². The van der Waals surface area contributed by atoms with Gasteiger partial charge in [-0.05, 0) is 70.5 Å². The van der Waals surface area contributed by atoms with Crippen molar-refractivity contribution in [1.82, 2.24) is 10.2 Å². The van der Waals surface area contributed by atoms with Crippen molar-refractivity contribution in [2.45, 2.75) is 58.9 Å². The van der Waals surface area contributed by atoms with Crippen LogP contribution in [-0.4, -0.2) is 48.2 Å². The fourth-order valence-corrected chi connectivity index (χ4v) is 3.48. The molecule has 1 aliphatic rings. The zero-order valence-electron chi connectivity index (χ0n) is 17.3. The van der Waals surface area contributed by atoms with E-state index in [4.69, 9.17) is 0 Å². The van der Waals surface area contributed by atoms with Crippen molar-refractivity contribution >= 4 is 23.3 Å². The number of benzene rings is 1. The van der Waals surface area contributed by atoms with Crippen LogP contribution in [0, 0.1) is 5.92 Å². The van der Waals surface area contributed by atoms with Gasteiger partial charge in [0.1, 0.15) is 0 Å². The minimum absolute atomic E-state index is 0.00326. The maximum atomic E-state index is 12.5. The van der Waals surface area contributed by atoms with Crippen LogP contribution in [0.3, 0.4) is 0 Å². The minimum Gasteiger partial charge on any atom is -0.356 e. The molecule has 1 atom stereocenters. The lowest BCUT2D eigenvalue weighted by atomic mass is 9.95. The normalized spacial score (nSPS) is 16.4. The van der Waals surface area contributed by atoms with E-state index in [1.165, 1.54) is 6.92 Å². The van der Waals surface area contributed by atoms with Crippen molar-refractivity contribution in [1.29, 1.82) is 0 Å². The van der Waals surface area contributed by atoms with Gasteiger partial charge in [-0.15, -0.1) is 0 Å². The number of ketones is 1. The van der Waals surface area contributed by atoms with Gasteiger partial charge in [-0.2, -0.15) is 0 Å². The molecule has 154 valence electrons. The summed E-state index contributed by atoms with van der Waals surface area (Å²) in [6.07, 6.45) is 4.89. The summed E-state index contributed by atoms with van der Waals surface area (Å²) in [4.78, 5) is 38.3. The largest absolute Gasteiger partial charge is 0.356 e. The first kappa shape index (κ1) is 22.1. The summed E-state index contributed by atoms with van der Waals surface area (Å²) < 4.78 is 0. The van der Waals surface area contributed by atoms with Crippen LogP contribution in [0.5, 0.6) is 0 Å². The number of anilines is 1. The van der Waals surface area contributed by atoms with E-state index in [1.54, 1.807) is 24.3 Å². The number of rotatable bonds is 9. The highest BCUT2D eigenvalue weighted by Gasteiger charge is 2.29. The fraction of sp³-hybridized carbons (Fsp3) is 0.591. The Kier molecular flexibility index (Phi) is 8.64. The van der Waals surface area contributed by atoms with Crippen LogP contribution in [0.4, 0.5) is 5.69 Å². The average molecular weight is 388 g/mol. The lowest BCUT2D eigenvalue weighted by molar-refractivity contribution is -0.127. The molecule has 2 amide bonds. The number of Topliss-reactive ketones (excluding diaryl/α,β-unsaturated/α-hetero) is 1. The molecule has 1 fully saturated rings. The van der Waals surface area contributed by atoms with E-state index < -0.39 is 0 Å². The summed E-state index contributed by atoms with van der Waals surface area (Å²) in [5.74, 6) is 0.132. The van der Waals surface area contributed by atoms with Gasteiger partial charge in [0, 0.05) is 23.7 Å². The zero-order chi connectivity index (χ0) is 20.5. The van der Waals surface area contributed by atoms with E-state index in [-0.39, 0.29) is 29.6 Å². The molecule has 0 aromatic heterocycles. The quantitative estimate of drug-likeness (QED) is 0.504. The molecule has 1 heterocycles. The number of carbonyl (C=O) groups excluding carboxylic acids is 3. The van der Waals surface area contributed by atoms with E-state index in [0.717, 1.165) is 51.7 Å². The summed E-state index contributed by atoms with van der Waals surface area (Å²) in [5, 5.41) is 5.95. The second kappa shape index (κ2) is 11.0. The van der Waals surface area contributed by atoms with Gasteiger partial charge in [0.2, 0.25) is 11.8 Å². The van der Waals surface area contributed by atoms with Crippen molar-refractivity contribution in [2.75, 3.05) is 25.0 Å². The Morgan fingerprint density at radius 2 is 1.75 bits per heavy atom. The molecule has 0 bridgehead atoms. The van der Waals surface area contributed by atoms with E-state index in [1.807, 2.05) is 6.92 Å². The number of hydrogen-bond acceptors (Lipinski definition) is 4. The Hall–Kier alpha value is -2.21. The fourth-order valence-electron chi connectivity index (χ4n) is 3.48. The highest BCUT2D eigenvalue weighted by atomic mass is 16.2. The van der Waals surface area contributed by atoms with Gasteiger partial charge in [0.15, 0.2) is 5.78 Å². The molecule has 0 radical (unpaired) electrons. The van der Waals surface area contributed by atoms with Crippen LogP contribution in [0.2, 0.25) is 0 Å². The molecule has 1 unspecified atom stereocenters. The van der Waals surface area contributed by atoms with Gasteiger partial charge < -0.3 is 10.6 Å².